The van der Waals surface area contributed by atoms with Crippen LogP contribution in [-0.4, -0.2) is 37.4 Å². The number of hydrogen-bond donors (Lipinski definition) is 0. The first-order chi connectivity index (χ1) is 17.4. The molecule has 3 aromatic rings. The number of rotatable bonds is 7. The smallest absolute Gasteiger partial charge is 0.155 e. The summed E-state index contributed by atoms with van der Waals surface area (Å²) in [6.07, 6.45) is 5.44. The monoisotopic (exact) mass is 484 g/mol. The van der Waals surface area contributed by atoms with Crippen LogP contribution in [0.5, 0.6) is 0 Å². The Morgan fingerprint density at radius 1 is 1.06 bits per heavy atom. The second-order valence-electron chi connectivity index (χ2n) is 9.99. The van der Waals surface area contributed by atoms with Crippen LogP contribution >= 0.6 is 0 Å². The van der Waals surface area contributed by atoms with E-state index < -0.39 is 0 Å². The van der Waals surface area contributed by atoms with Gasteiger partial charge in [0.1, 0.15) is 17.9 Å². The van der Waals surface area contributed by atoms with Crippen molar-refractivity contribution in [3.05, 3.63) is 89.8 Å². The van der Waals surface area contributed by atoms with Gasteiger partial charge in [0, 0.05) is 31.4 Å². The molecule has 0 N–H and O–H groups in total. The summed E-state index contributed by atoms with van der Waals surface area (Å²) >= 11 is 0. The molecular formula is C30H33FN4O. The fourth-order valence-corrected chi connectivity index (χ4v) is 5.72. The molecule has 1 aliphatic carbocycles. The number of aromatic nitrogens is 1. The Balaban J connectivity index is 1.66. The Hall–Kier alpha value is -3.67. The van der Waals surface area contributed by atoms with Crippen molar-refractivity contribution in [1.29, 1.82) is 0 Å². The number of halogens is 1. The second-order valence-corrected chi connectivity index (χ2v) is 9.99. The van der Waals surface area contributed by atoms with Gasteiger partial charge in [-0.05, 0) is 55.2 Å². The number of aldehydes is 1. The highest BCUT2D eigenvalue weighted by Gasteiger charge is 2.37. The molecule has 0 radical (unpaired) electrons. The van der Waals surface area contributed by atoms with Crippen molar-refractivity contribution in [3.8, 4) is 0 Å². The molecule has 1 aromatic heterocycles. The van der Waals surface area contributed by atoms with Gasteiger partial charge in [-0.2, -0.15) is 0 Å². The van der Waals surface area contributed by atoms with Crippen LogP contribution in [0.25, 0.3) is 5.70 Å². The summed E-state index contributed by atoms with van der Waals surface area (Å²) in [5.74, 6) is 1.30. The largest absolute Gasteiger partial charge is 0.375 e. The van der Waals surface area contributed by atoms with Crippen molar-refractivity contribution in [2.24, 2.45) is 0 Å². The molecule has 1 aliphatic heterocycles. The number of fused-ring (bicyclic) bond motifs is 1. The summed E-state index contributed by atoms with van der Waals surface area (Å²) in [4.78, 5) is 23.7. The lowest BCUT2D eigenvalue weighted by Crippen LogP contribution is -2.43. The van der Waals surface area contributed by atoms with E-state index >= 15 is 0 Å². The Morgan fingerprint density at radius 2 is 1.75 bits per heavy atom. The van der Waals surface area contributed by atoms with Crippen LogP contribution < -0.4 is 14.7 Å². The zero-order valence-corrected chi connectivity index (χ0v) is 21.2. The normalized spacial score (nSPS) is 18.3. The third-order valence-corrected chi connectivity index (χ3v) is 7.47. The molecule has 0 saturated heterocycles. The molecule has 2 atom stereocenters. The fraction of sp³-hybridized carbons (Fsp3) is 0.333. The molecular weight excluding hydrogens is 451 g/mol. The number of anilines is 3. The van der Waals surface area contributed by atoms with E-state index in [0.29, 0.717) is 0 Å². The summed E-state index contributed by atoms with van der Waals surface area (Å²) in [7, 11) is 4.01. The van der Waals surface area contributed by atoms with Gasteiger partial charge in [0.05, 0.1) is 17.8 Å². The van der Waals surface area contributed by atoms with Crippen LogP contribution in [-0.2, 0) is 4.79 Å². The lowest BCUT2D eigenvalue weighted by Gasteiger charge is -2.37. The van der Waals surface area contributed by atoms with Gasteiger partial charge in [0.2, 0.25) is 0 Å². The first-order valence-corrected chi connectivity index (χ1v) is 12.7. The number of pyridine rings is 1. The number of carbonyl (C=O) groups excluding carboxylic acids is 1. The predicted molar refractivity (Wildman–Crippen MR) is 145 cm³/mol. The van der Waals surface area contributed by atoms with Gasteiger partial charge in [-0.3, -0.25) is 0 Å². The van der Waals surface area contributed by atoms with E-state index in [1.165, 1.54) is 12.1 Å². The van der Waals surface area contributed by atoms with Crippen LogP contribution in [0, 0.1) is 5.82 Å². The maximum atomic E-state index is 13.8. The van der Waals surface area contributed by atoms with Crippen molar-refractivity contribution in [1.82, 2.24) is 4.98 Å². The van der Waals surface area contributed by atoms with E-state index in [-0.39, 0.29) is 23.9 Å². The van der Waals surface area contributed by atoms with E-state index in [2.05, 4.69) is 39.5 Å². The van der Waals surface area contributed by atoms with Crippen LogP contribution in [0.3, 0.4) is 0 Å². The Morgan fingerprint density at radius 3 is 2.42 bits per heavy atom. The average molecular weight is 485 g/mol. The fourth-order valence-electron chi connectivity index (χ4n) is 5.72. The molecule has 2 aromatic carbocycles. The first-order valence-electron chi connectivity index (χ1n) is 12.7. The third kappa shape index (κ3) is 4.15. The SMILES string of the molecule is C=C1c2ccccc2C(c2ccc(F)cc2)N1c1ccc(N(C)C)c(N(C(C)C=O)C2CCCC2)n1. The van der Waals surface area contributed by atoms with Crippen LogP contribution in [0.15, 0.2) is 67.2 Å². The number of nitrogens with zero attached hydrogens (tertiary/aromatic N) is 4. The van der Waals surface area contributed by atoms with Crippen molar-refractivity contribution in [2.75, 3.05) is 28.8 Å². The molecule has 0 amide bonds. The van der Waals surface area contributed by atoms with Crippen molar-refractivity contribution in [2.45, 2.75) is 50.7 Å². The standard InChI is InChI=1S/C30H33FN4O/c1-20(19-36)34(24-9-5-6-10-24)30-27(33(3)4)17-18-28(32-30)35-21(2)25-11-7-8-12-26(25)29(35)22-13-15-23(31)16-14-22/h7-8,11-20,24,29H,2,5-6,9-10H2,1,3-4H3. The molecule has 6 heteroatoms. The highest BCUT2D eigenvalue weighted by atomic mass is 19.1. The predicted octanol–water partition coefficient (Wildman–Crippen LogP) is 6.20. The van der Waals surface area contributed by atoms with Crippen molar-refractivity contribution < 1.29 is 9.18 Å². The van der Waals surface area contributed by atoms with Gasteiger partial charge in [0.15, 0.2) is 5.82 Å². The molecule has 0 bridgehead atoms. The quantitative estimate of drug-likeness (QED) is 0.373. The number of benzene rings is 2. The minimum atomic E-state index is -0.290. The summed E-state index contributed by atoms with van der Waals surface area (Å²) < 4.78 is 13.8. The molecule has 2 aliphatic rings. The molecule has 5 nitrogen and oxygen atoms in total. The Kier molecular flexibility index (Phi) is 6.52. The van der Waals surface area contributed by atoms with E-state index in [4.69, 9.17) is 4.98 Å². The Labute approximate surface area is 212 Å². The van der Waals surface area contributed by atoms with Gasteiger partial charge in [-0.1, -0.05) is 55.8 Å². The molecule has 186 valence electrons. The first kappa shape index (κ1) is 24.0. The van der Waals surface area contributed by atoms with Crippen molar-refractivity contribution in [3.63, 3.8) is 0 Å². The van der Waals surface area contributed by atoms with E-state index in [1.807, 2.05) is 51.4 Å². The number of carbonyl (C=O) groups is 1. The molecule has 5 rings (SSSR count). The molecule has 2 heterocycles. The minimum absolute atomic E-state index is 0.178. The maximum absolute atomic E-state index is 13.8. The average Bonchev–Trinajstić information content (AvgIpc) is 3.51. The lowest BCUT2D eigenvalue weighted by atomic mass is 9.98. The molecule has 0 spiro atoms. The van der Waals surface area contributed by atoms with Gasteiger partial charge in [-0.25, -0.2) is 9.37 Å². The Bertz CT molecular complexity index is 1270. The van der Waals surface area contributed by atoms with Crippen LogP contribution in [0.1, 0.15) is 55.3 Å². The van der Waals surface area contributed by atoms with Crippen LogP contribution in [0.4, 0.5) is 21.7 Å². The zero-order valence-electron chi connectivity index (χ0n) is 21.2. The lowest BCUT2D eigenvalue weighted by molar-refractivity contribution is -0.108. The number of hydrogen-bond acceptors (Lipinski definition) is 5. The summed E-state index contributed by atoms with van der Waals surface area (Å²) in [6.45, 7) is 6.39. The highest BCUT2D eigenvalue weighted by molar-refractivity contribution is 5.87. The minimum Gasteiger partial charge on any atom is -0.375 e. The van der Waals surface area contributed by atoms with Gasteiger partial charge in [-0.15, -0.1) is 0 Å². The van der Waals surface area contributed by atoms with E-state index in [9.17, 15) is 9.18 Å². The van der Waals surface area contributed by atoms with Gasteiger partial charge in [0.25, 0.3) is 0 Å². The summed E-state index contributed by atoms with van der Waals surface area (Å²) in [5.41, 5.74) is 4.96. The van der Waals surface area contributed by atoms with Crippen molar-refractivity contribution >= 4 is 29.3 Å². The molecule has 36 heavy (non-hydrogen) atoms. The highest BCUT2D eigenvalue weighted by Crippen LogP contribution is 2.47. The van der Waals surface area contributed by atoms with Crippen LogP contribution in [0.2, 0.25) is 0 Å². The zero-order chi connectivity index (χ0) is 25.4. The third-order valence-electron chi connectivity index (χ3n) is 7.47. The molecule has 2 unspecified atom stereocenters. The van der Waals surface area contributed by atoms with Gasteiger partial charge < -0.3 is 19.5 Å². The molecule has 1 fully saturated rings. The summed E-state index contributed by atoms with van der Waals surface area (Å²) in [6, 6.07) is 18.8. The summed E-state index contributed by atoms with van der Waals surface area (Å²) in [5, 5.41) is 0. The van der Waals surface area contributed by atoms with Gasteiger partial charge >= 0.3 is 0 Å². The van der Waals surface area contributed by atoms with E-state index in [1.54, 1.807) is 0 Å². The topological polar surface area (TPSA) is 39.7 Å². The second kappa shape index (κ2) is 9.76. The van der Waals surface area contributed by atoms with E-state index in [0.717, 1.165) is 71.7 Å². The maximum Gasteiger partial charge on any atom is 0.155 e. The molecule has 1 saturated carbocycles.